The fourth-order valence-corrected chi connectivity index (χ4v) is 8.40. The molecule has 2 rings (SSSR count). The van der Waals surface area contributed by atoms with E-state index < -0.39 is 0 Å². The highest BCUT2D eigenvalue weighted by Crippen LogP contribution is 2.45. The lowest BCUT2D eigenvalue weighted by atomic mass is 9.65. The van der Waals surface area contributed by atoms with E-state index in [1.165, 1.54) is 128 Å². The quantitative estimate of drug-likeness (QED) is 0.263. The summed E-state index contributed by atoms with van der Waals surface area (Å²) in [5.41, 5.74) is 0.607. The topological polar surface area (TPSA) is 0 Å². The minimum atomic E-state index is 0.254. The van der Waals surface area contributed by atoms with Crippen LogP contribution in [0.15, 0.2) is 0 Å². The molecule has 29 heavy (non-hydrogen) atoms. The Morgan fingerprint density at radius 1 is 0.621 bits per heavy atom. The van der Waals surface area contributed by atoms with Crippen molar-refractivity contribution in [3.8, 4) is 0 Å². The van der Waals surface area contributed by atoms with Gasteiger partial charge in [-0.25, -0.2) is 0 Å². The average Bonchev–Trinajstić information content (AvgIpc) is 2.66. The molecule has 0 heterocycles. The second kappa shape index (κ2) is 14.6. The molecule has 0 aromatic carbocycles. The molecule has 172 valence electrons. The van der Waals surface area contributed by atoms with Gasteiger partial charge in [0, 0.05) is 10.00 Å². The first-order chi connectivity index (χ1) is 14.0. The monoisotopic (exact) mass is 552 g/mol. The molecule has 0 bridgehead atoms. The summed E-state index contributed by atoms with van der Waals surface area (Å²) in [6.07, 6.45) is 28.8. The van der Waals surface area contributed by atoms with E-state index in [9.17, 15) is 0 Å². The van der Waals surface area contributed by atoms with Crippen LogP contribution in [0, 0.1) is 11.3 Å². The lowest BCUT2D eigenvalue weighted by Gasteiger charge is -2.40. The molecular formula is C26H49IS2. The normalized spacial score (nSPS) is 34.8. The maximum atomic E-state index is 5.10. The van der Waals surface area contributed by atoms with Crippen LogP contribution in [0.2, 0.25) is 0 Å². The summed E-state index contributed by atoms with van der Waals surface area (Å²) in [5, 5.41) is 0.897. The van der Waals surface area contributed by atoms with Gasteiger partial charge in [0.1, 0.15) is 0 Å². The predicted octanol–water partition coefficient (Wildman–Crippen LogP) is 10.6. The van der Waals surface area contributed by atoms with Crippen molar-refractivity contribution in [3.63, 3.8) is 0 Å². The third kappa shape index (κ3) is 10.7. The van der Waals surface area contributed by atoms with Crippen LogP contribution in [0.1, 0.15) is 142 Å². The lowest BCUT2D eigenvalue weighted by Crippen LogP contribution is -2.29. The minimum absolute atomic E-state index is 0.254. The van der Waals surface area contributed by atoms with Crippen molar-refractivity contribution in [2.24, 2.45) is 11.3 Å². The van der Waals surface area contributed by atoms with Gasteiger partial charge in [0.2, 0.25) is 0 Å². The van der Waals surface area contributed by atoms with E-state index in [0.29, 0.717) is 5.41 Å². The molecule has 0 aromatic rings. The zero-order valence-corrected chi connectivity index (χ0v) is 23.4. The second-order valence-electron chi connectivity index (χ2n) is 11.0. The molecule has 0 N–H and O–H groups in total. The van der Waals surface area contributed by atoms with Gasteiger partial charge in [0.25, 0.3) is 0 Å². The van der Waals surface area contributed by atoms with E-state index in [0.717, 1.165) is 11.2 Å². The van der Waals surface area contributed by atoms with Gasteiger partial charge < -0.3 is 0 Å². The van der Waals surface area contributed by atoms with Gasteiger partial charge in [-0.2, -0.15) is 12.6 Å². The molecule has 0 radical (unpaired) electrons. The van der Waals surface area contributed by atoms with Gasteiger partial charge >= 0.3 is 0 Å². The lowest BCUT2D eigenvalue weighted by molar-refractivity contribution is 0.112. The standard InChI is InChI=1S/C26H49IS2/c1-25(19-11-5-3-6-12-20-25)23-15-9-10-18-24(29-27)17-8-4-7-13-21-26(2,28)22-14-16-23/h23-24,28H,3-22H2,1-2H3. The number of hydrogen-bond donors (Lipinski definition) is 1. The summed E-state index contributed by atoms with van der Waals surface area (Å²) in [5.74, 6) is 0.948. The van der Waals surface area contributed by atoms with Gasteiger partial charge in [-0.05, 0) is 83.9 Å². The molecule has 2 aliphatic carbocycles. The van der Waals surface area contributed by atoms with Crippen LogP contribution in [-0.2, 0) is 0 Å². The van der Waals surface area contributed by atoms with Crippen molar-refractivity contribution in [2.45, 2.75) is 152 Å². The van der Waals surface area contributed by atoms with E-state index in [1.54, 1.807) is 0 Å². The minimum Gasteiger partial charge on any atom is -0.173 e. The second-order valence-corrected chi connectivity index (χ2v) is 14.4. The van der Waals surface area contributed by atoms with Gasteiger partial charge in [0.05, 0.1) is 0 Å². The molecule has 0 aromatic heterocycles. The number of rotatable bonds is 2. The molecule has 0 nitrogen and oxygen atoms in total. The van der Waals surface area contributed by atoms with Crippen LogP contribution in [-0.4, -0.2) is 10.00 Å². The molecule has 2 fully saturated rings. The Kier molecular flexibility index (Phi) is 13.4. The van der Waals surface area contributed by atoms with Crippen LogP contribution in [0.5, 0.6) is 0 Å². The molecule has 3 heteroatoms. The van der Waals surface area contributed by atoms with Crippen molar-refractivity contribution >= 4 is 42.8 Å². The fourth-order valence-electron chi connectivity index (χ4n) is 6.04. The summed E-state index contributed by atoms with van der Waals surface area (Å²) >= 11 is 7.66. The SMILES string of the molecule is CC1(S)CCCCCCC(SI)CCCCC(C2(C)CCCCCCC2)CCC1. The van der Waals surface area contributed by atoms with Gasteiger partial charge in [-0.15, -0.1) is 0 Å². The van der Waals surface area contributed by atoms with E-state index in [1.807, 2.05) is 0 Å². The molecule has 0 aliphatic heterocycles. The summed E-state index contributed by atoms with van der Waals surface area (Å²) in [6, 6.07) is 0. The van der Waals surface area contributed by atoms with E-state index >= 15 is 0 Å². The van der Waals surface area contributed by atoms with Crippen LogP contribution < -0.4 is 0 Å². The average molecular weight is 553 g/mol. The third-order valence-electron chi connectivity index (χ3n) is 8.20. The highest BCUT2D eigenvalue weighted by atomic mass is 127. The molecule has 0 amide bonds. The Morgan fingerprint density at radius 3 is 1.72 bits per heavy atom. The van der Waals surface area contributed by atoms with E-state index in [2.05, 4.69) is 44.0 Å². The van der Waals surface area contributed by atoms with Crippen LogP contribution >= 0.6 is 42.8 Å². The Bertz CT molecular complexity index is 415. The van der Waals surface area contributed by atoms with E-state index in [4.69, 9.17) is 12.6 Å². The first-order valence-corrected chi connectivity index (χ1v) is 16.8. The highest BCUT2D eigenvalue weighted by Gasteiger charge is 2.33. The van der Waals surface area contributed by atoms with Crippen LogP contribution in [0.3, 0.4) is 0 Å². The number of halogens is 1. The molecule has 2 saturated carbocycles. The summed E-state index contributed by atoms with van der Waals surface area (Å²) in [6.45, 7) is 5.08. The van der Waals surface area contributed by atoms with E-state index in [-0.39, 0.29) is 4.75 Å². The Labute approximate surface area is 205 Å². The maximum absolute atomic E-state index is 5.10. The molecule has 3 atom stereocenters. The van der Waals surface area contributed by atoms with Crippen molar-refractivity contribution in [1.29, 1.82) is 0 Å². The summed E-state index contributed by atoms with van der Waals surface area (Å²) < 4.78 is 0.254. The third-order valence-corrected chi connectivity index (χ3v) is 11.5. The number of thiol groups is 1. The molecule has 0 spiro atoms. The van der Waals surface area contributed by atoms with Gasteiger partial charge in [-0.1, -0.05) is 99.8 Å². The van der Waals surface area contributed by atoms with Gasteiger partial charge in [0.15, 0.2) is 0 Å². The van der Waals surface area contributed by atoms with Crippen molar-refractivity contribution in [2.75, 3.05) is 0 Å². The smallest absolute Gasteiger partial charge is 0.0148 e. The Hall–Kier alpha value is 1.43. The van der Waals surface area contributed by atoms with Crippen molar-refractivity contribution in [1.82, 2.24) is 0 Å². The predicted molar refractivity (Wildman–Crippen MR) is 147 cm³/mol. The maximum Gasteiger partial charge on any atom is 0.0148 e. The van der Waals surface area contributed by atoms with Crippen molar-refractivity contribution < 1.29 is 0 Å². The Morgan fingerprint density at radius 2 is 1.07 bits per heavy atom. The zero-order valence-electron chi connectivity index (χ0n) is 19.5. The summed E-state index contributed by atoms with van der Waals surface area (Å²) in [7, 11) is 2.10. The zero-order chi connectivity index (χ0) is 21.0. The largest absolute Gasteiger partial charge is 0.173 e. The molecule has 3 unspecified atom stereocenters. The Balaban J connectivity index is 2.00. The first kappa shape index (κ1) is 26.7. The fraction of sp³-hybridized carbons (Fsp3) is 1.00. The molecule has 2 aliphatic rings. The highest BCUT2D eigenvalue weighted by molar-refractivity contribution is 14.2. The number of hydrogen-bond acceptors (Lipinski definition) is 2. The summed E-state index contributed by atoms with van der Waals surface area (Å²) in [4.78, 5) is 0. The van der Waals surface area contributed by atoms with Gasteiger partial charge in [-0.3, -0.25) is 0 Å². The molecular weight excluding hydrogens is 503 g/mol. The van der Waals surface area contributed by atoms with Crippen LogP contribution in [0.4, 0.5) is 0 Å². The van der Waals surface area contributed by atoms with Crippen LogP contribution in [0.25, 0.3) is 0 Å². The first-order valence-electron chi connectivity index (χ1n) is 12.9. The molecule has 0 saturated heterocycles. The van der Waals surface area contributed by atoms with Crippen molar-refractivity contribution in [3.05, 3.63) is 0 Å².